The number of pyridine rings is 1. The largest absolute Gasteiger partial charge is 0.493 e. The van der Waals surface area contributed by atoms with Gasteiger partial charge in [0.15, 0.2) is 0 Å². The minimum atomic E-state index is -0.733. The highest BCUT2D eigenvalue weighted by Gasteiger charge is 2.30. The number of carbonyl (C=O) groups excluding carboxylic acids is 1. The van der Waals surface area contributed by atoms with Gasteiger partial charge < -0.3 is 19.3 Å². The first kappa shape index (κ1) is 21.9. The second-order valence-corrected chi connectivity index (χ2v) is 8.28. The summed E-state index contributed by atoms with van der Waals surface area (Å²) in [6, 6.07) is 24.4. The molecule has 34 heavy (non-hydrogen) atoms. The number of para-hydroxylation sites is 1. The van der Waals surface area contributed by atoms with E-state index in [1.165, 1.54) is 0 Å². The Morgan fingerprint density at radius 1 is 1.06 bits per heavy atom. The van der Waals surface area contributed by atoms with Gasteiger partial charge in [-0.3, -0.25) is 0 Å². The number of carbonyl (C=O) groups is 1. The molecular weight excluding hydrogens is 430 g/mol. The first-order valence-corrected chi connectivity index (χ1v) is 11.3. The molecule has 0 unspecified atom stereocenters. The Balaban J connectivity index is 1.33. The van der Waals surface area contributed by atoms with Crippen LogP contribution in [-0.4, -0.2) is 29.3 Å². The Kier molecular flexibility index (Phi) is 6.14. The lowest BCUT2D eigenvalue weighted by Gasteiger charge is -2.30. The van der Waals surface area contributed by atoms with Gasteiger partial charge in [0.1, 0.15) is 11.5 Å². The van der Waals surface area contributed by atoms with E-state index in [-0.39, 0.29) is 11.9 Å². The van der Waals surface area contributed by atoms with E-state index in [9.17, 15) is 9.90 Å². The Morgan fingerprint density at radius 2 is 1.94 bits per heavy atom. The zero-order valence-corrected chi connectivity index (χ0v) is 18.8. The van der Waals surface area contributed by atoms with Crippen molar-refractivity contribution in [2.75, 3.05) is 13.2 Å². The predicted octanol–water partition coefficient (Wildman–Crippen LogP) is 5.49. The van der Waals surface area contributed by atoms with Gasteiger partial charge in [-0.1, -0.05) is 30.3 Å². The van der Waals surface area contributed by atoms with E-state index in [1.807, 2.05) is 66.7 Å². The first-order chi connectivity index (χ1) is 16.6. The molecule has 3 aromatic carbocycles. The molecule has 1 N–H and O–H groups in total. The average Bonchev–Trinajstić information content (AvgIpc) is 2.86. The number of aromatic nitrogens is 1. The molecule has 5 rings (SSSR count). The number of hydrogen-bond acceptors (Lipinski definition) is 6. The van der Waals surface area contributed by atoms with E-state index < -0.39 is 6.10 Å². The van der Waals surface area contributed by atoms with Crippen molar-refractivity contribution in [2.24, 2.45) is 5.92 Å². The molecular formula is C28H25NO5. The van der Waals surface area contributed by atoms with E-state index in [1.54, 1.807) is 19.1 Å². The van der Waals surface area contributed by atoms with E-state index >= 15 is 0 Å². The third-order valence-electron chi connectivity index (χ3n) is 5.93. The van der Waals surface area contributed by atoms with Gasteiger partial charge in [0.05, 0.1) is 30.4 Å². The molecule has 6 heteroatoms. The maximum atomic E-state index is 12.1. The average molecular weight is 456 g/mol. The van der Waals surface area contributed by atoms with E-state index in [2.05, 4.69) is 4.98 Å². The predicted molar refractivity (Wildman–Crippen MR) is 128 cm³/mol. The van der Waals surface area contributed by atoms with Crippen LogP contribution in [0.1, 0.15) is 34.5 Å². The molecule has 0 aliphatic carbocycles. The minimum Gasteiger partial charge on any atom is -0.493 e. The van der Waals surface area contributed by atoms with Gasteiger partial charge in [-0.25, -0.2) is 9.78 Å². The summed E-state index contributed by atoms with van der Waals surface area (Å²) >= 11 is 0. The van der Waals surface area contributed by atoms with Gasteiger partial charge in [0.2, 0.25) is 5.88 Å². The number of hydrogen-bond donors (Lipinski definition) is 1. The molecule has 0 fully saturated rings. The molecule has 6 nitrogen and oxygen atoms in total. The topological polar surface area (TPSA) is 77.9 Å². The monoisotopic (exact) mass is 455 g/mol. The van der Waals surface area contributed by atoms with Gasteiger partial charge in [-0.2, -0.15) is 0 Å². The van der Waals surface area contributed by atoms with E-state index in [0.29, 0.717) is 48.1 Å². The molecule has 0 saturated carbocycles. The Labute approximate surface area is 197 Å². The molecule has 0 spiro atoms. The number of aliphatic hydroxyl groups excluding tert-OH is 1. The van der Waals surface area contributed by atoms with Crippen LogP contribution in [0.25, 0.3) is 10.9 Å². The van der Waals surface area contributed by atoms with Crippen molar-refractivity contribution in [3.63, 3.8) is 0 Å². The van der Waals surface area contributed by atoms with E-state index in [0.717, 1.165) is 16.5 Å². The molecule has 0 saturated heterocycles. The Morgan fingerprint density at radius 3 is 2.82 bits per heavy atom. The molecule has 1 aliphatic heterocycles. The second kappa shape index (κ2) is 9.53. The fourth-order valence-corrected chi connectivity index (χ4v) is 4.23. The normalized spacial score (nSPS) is 17.0. The summed E-state index contributed by atoms with van der Waals surface area (Å²) < 4.78 is 17.0. The first-order valence-electron chi connectivity index (χ1n) is 11.3. The Bertz CT molecular complexity index is 1340. The lowest BCUT2D eigenvalue weighted by Crippen LogP contribution is -2.27. The smallest absolute Gasteiger partial charge is 0.338 e. The lowest BCUT2D eigenvalue weighted by molar-refractivity contribution is 0.0505. The minimum absolute atomic E-state index is 0.168. The molecule has 0 radical (unpaired) electrons. The summed E-state index contributed by atoms with van der Waals surface area (Å²) in [4.78, 5) is 16.6. The number of esters is 1. The van der Waals surface area contributed by atoms with Gasteiger partial charge in [-0.05, 0) is 61.4 Å². The highest BCUT2D eigenvalue weighted by Crippen LogP contribution is 2.39. The van der Waals surface area contributed by atoms with Crippen molar-refractivity contribution < 1.29 is 24.1 Å². The number of aliphatic hydroxyl groups is 1. The maximum absolute atomic E-state index is 12.1. The number of fused-ring (bicyclic) bond motifs is 2. The molecule has 1 aromatic heterocycles. The third-order valence-corrected chi connectivity index (χ3v) is 5.93. The number of ether oxygens (including phenoxy) is 3. The number of rotatable bonds is 6. The summed E-state index contributed by atoms with van der Waals surface area (Å²) in [5, 5.41) is 12.2. The molecule has 0 bridgehead atoms. The molecule has 0 amide bonds. The number of nitrogens with zero attached hydrogens (tertiary/aromatic N) is 1. The van der Waals surface area contributed by atoms with Crippen LogP contribution < -0.4 is 9.47 Å². The fraction of sp³-hybridized carbons (Fsp3) is 0.214. The zero-order valence-electron chi connectivity index (χ0n) is 18.8. The van der Waals surface area contributed by atoms with Gasteiger partial charge in [0, 0.05) is 22.9 Å². The van der Waals surface area contributed by atoms with Crippen molar-refractivity contribution in [1.29, 1.82) is 0 Å². The fourth-order valence-electron chi connectivity index (χ4n) is 4.23. The van der Waals surface area contributed by atoms with E-state index in [4.69, 9.17) is 14.2 Å². The van der Waals surface area contributed by atoms with Gasteiger partial charge in [0.25, 0.3) is 0 Å². The van der Waals surface area contributed by atoms with Crippen molar-refractivity contribution in [1.82, 2.24) is 4.98 Å². The maximum Gasteiger partial charge on any atom is 0.338 e. The molecule has 4 aromatic rings. The standard InChI is InChI=1S/C28H25NO5/c1-2-32-28(31)20-8-5-6-18(14-20)15-21-17-33-25-12-11-22(16-23(25)27(21)30)34-26-13-10-19-7-3-4-9-24(19)29-26/h3-14,16,21,27,30H,2,15,17H2,1H3/t21-,27-/m0/s1. The van der Waals surface area contributed by atoms with Crippen molar-refractivity contribution in [3.05, 3.63) is 95.6 Å². The summed E-state index contributed by atoms with van der Waals surface area (Å²) in [6.07, 6.45) is -0.173. The zero-order chi connectivity index (χ0) is 23.5. The van der Waals surface area contributed by atoms with Crippen LogP contribution in [-0.2, 0) is 11.2 Å². The van der Waals surface area contributed by atoms with Crippen LogP contribution in [0.4, 0.5) is 0 Å². The summed E-state index contributed by atoms with van der Waals surface area (Å²) in [5.41, 5.74) is 2.97. The highest BCUT2D eigenvalue weighted by molar-refractivity contribution is 5.89. The number of benzene rings is 3. The van der Waals surface area contributed by atoms with Crippen LogP contribution in [0.2, 0.25) is 0 Å². The molecule has 2 heterocycles. The van der Waals surface area contributed by atoms with Crippen LogP contribution in [0.15, 0.2) is 78.9 Å². The van der Waals surface area contributed by atoms with Crippen molar-refractivity contribution in [3.8, 4) is 17.4 Å². The van der Waals surface area contributed by atoms with Crippen molar-refractivity contribution >= 4 is 16.9 Å². The van der Waals surface area contributed by atoms with Crippen LogP contribution in [0.5, 0.6) is 17.4 Å². The SMILES string of the molecule is CCOC(=O)c1cccc(C[C@H]2COc3ccc(Oc4ccc5ccccc5n4)cc3[C@H]2O)c1. The molecule has 2 atom stereocenters. The van der Waals surface area contributed by atoms with Gasteiger partial charge in [-0.15, -0.1) is 0 Å². The Hall–Kier alpha value is -3.90. The molecule has 1 aliphatic rings. The van der Waals surface area contributed by atoms with Crippen LogP contribution >= 0.6 is 0 Å². The van der Waals surface area contributed by atoms with Crippen LogP contribution in [0, 0.1) is 5.92 Å². The van der Waals surface area contributed by atoms with Crippen LogP contribution in [0.3, 0.4) is 0 Å². The summed E-state index contributed by atoms with van der Waals surface area (Å²) in [5.74, 6) is 1.19. The summed E-state index contributed by atoms with van der Waals surface area (Å²) in [7, 11) is 0. The lowest BCUT2D eigenvalue weighted by atomic mass is 9.88. The highest BCUT2D eigenvalue weighted by atomic mass is 16.5. The quantitative estimate of drug-likeness (QED) is 0.388. The second-order valence-electron chi connectivity index (χ2n) is 8.28. The molecule has 172 valence electrons. The summed E-state index contributed by atoms with van der Waals surface area (Å²) in [6.45, 7) is 2.49. The third kappa shape index (κ3) is 4.58. The van der Waals surface area contributed by atoms with Gasteiger partial charge >= 0.3 is 5.97 Å². The van der Waals surface area contributed by atoms with Crippen molar-refractivity contribution in [2.45, 2.75) is 19.4 Å².